The molecule has 4 aromatic rings. The molecule has 0 saturated heterocycles. The number of benzene rings is 1. The van der Waals surface area contributed by atoms with E-state index in [4.69, 9.17) is 0 Å². The van der Waals surface area contributed by atoms with Gasteiger partial charge in [0.1, 0.15) is 5.52 Å². The lowest BCUT2D eigenvalue weighted by Gasteiger charge is -2.01. The van der Waals surface area contributed by atoms with Gasteiger partial charge >= 0.3 is 0 Å². The number of nitrogens with zero attached hydrogens (tertiary/aromatic N) is 2. The molecule has 2 nitrogen and oxygen atoms in total. The average Bonchev–Trinajstić information content (AvgIpc) is 2.82. The van der Waals surface area contributed by atoms with E-state index in [2.05, 4.69) is 77.8 Å². The number of para-hydroxylation sites is 1. The zero-order valence-corrected chi connectivity index (χ0v) is 12.5. The van der Waals surface area contributed by atoms with Crippen molar-refractivity contribution in [2.45, 2.75) is 19.8 Å². The van der Waals surface area contributed by atoms with Gasteiger partial charge in [0.25, 0.3) is 0 Å². The topological polar surface area (TPSA) is 9.03 Å². The van der Waals surface area contributed by atoms with Gasteiger partial charge in [0.05, 0.1) is 0 Å². The first-order valence-corrected chi connectivity index (χ1v) is 7.59. The summed E-state index contributed by atoms with van der Waals surface area (Å²) in [4.78, 5) is 0. The highest BCUT2D eigenvalue weighted by Gasteiger charge is 2.15. The van der Waals surface area contributed by atoms with Gasteiger partial charge in [-0.05, 0) is 18.1 Å². The SMILES string of the molecule is CCCc1cc[n+]2ccc3c4ccccc4n(C)c3c2c1. The predicted molar refractivity (Wildman–Crippen MR) is 87.6 cm³/mol. The first kappa shape index (κ1) is 12.4. The number of aromatic nitrogens is 2. The van der Waals surface area contributed by atoms with Crippen molar-refractivity contribution in [2.75, 3.05) is 0 Å². The monoisotopic (exact) mass is 275 g/mol. The molecule has 2 heteroatoms. The third kappa shape index (κ3) is 1.75. The van der Waals surface area contributed by atoms with Gasteiger partial charge in [0.15, 0.2) is 12.4 Å². The Morgan fingerprint density at radius 2 is 1.81 bits per heavy atom. The van der Waals surface area contributed by atoms with Gasteiger partial charge in [-0.3, -0.25) is 0 Å². The largest absolute Gasteiger partial charge is 0.338 e. The van der Waals surface area contributed by atoms with Gasteiger partial charge < -0.3 is 4.57 Å². The maximum Gasteiger partial charge on any atom is 0.235 e. The van der Waals surface area contributed by atoms with Crippen molar-refractivity contribution in [3.63, 3.8) is 0 Å². The third-order valence-corrected chi connectivity index (χ3v) is 4.38. The predicted octanol–water partition coefficient (Wildman–Crippen LogP) is 4.02. The van der Waals surface area contributed by atoms with Crippen molar-refractivity contribution >= 4 is 27.3 Å². The average molecular weight is 275 g/mol. The zero-order valence-electron chi connectivity index (χ0n) is 12.5. The number of hydrogen-bond donors (Lipinski definition) is 0. The molecule has 0 N–H and O–H groups in total. The number of pyridine rings is 2. The van der Waals surface area contributed by atoms with Gasteiger partial charge in [-0.15, -0.1) is 0 Å². The summed E-state index contributed by atoms with van der Waals surface area (Å²) >= 11 is 0. The van der Waals surface area contributed by atoms with E-state index in [9.17, 15) is 0 Å². The summed E-state index contributed by atoms with van der Waals surface area (Å²) in [5, 5.41) is 2.67. The fraction of sp³-hybridized carbons (Fsp3) is 0.211. The summed E-state index contributed by atoms with van der Waals surface area (Å²) in [6, 6.07) is 15.4. The van der Waals surface area contributed by atoms with Crippen LogP contribution in [0.4, 0.5) is 0 Å². The fourth-order valence-corrected chi connectivity index (χ4v) is 3.38. The van der Waals surface area contributed by atoms with Crippen molar-refractivity contribution in [1.29, 1.82) is 0 Å². The van der Waals surface area contributed by atoms with Crippen LogP contribution >= 0.6 is 0 Å². The minimum absolute atomic E-state index is 1.14. The van der Waals surface area contributed by atoms with Crippen LogP contribution < -0.4 is 4.40 Å². The summed E-state index contributed by atoms with van der Waals surface area (Å²) in [6.07, 6.45) is 6.66. The Balaban J connectivity index is 2.19. The molecular weight excluding hydrogens is 256 g/mol. The molecule has 0 atom stereocenters. The first-order chi connectivity index (χ1) is 10.3. The van der Waals surface area contributed by atoms with E-state index >= 15 is 0 Å². The number of rotatable bonds is 2. The smallest absolute Gasteiger partial charge is 0.235 e. The Morgan fingerprint density at radius 1 is 1.00 bits per heavy atom. The van der Waals surface area contributed by atoms with Crippen molar-refractivity contribution in [3.05, 3.63) is 60.4 Å². The maximum absolute atomic E-state index is 2.34. The van der Waals surface area contributed by atoms with Crippen LogP contribution in [-0.4, -0.2) is 4.57 Å². The summed E-state index contributed by atoms with van der Waals surface area (Å²) < 4.78 is 4.54. The molecule has 0 aliphatic heterocycles. The van der Waals surface area contributed by atoms with Gasteiger partial charge in [0, 0.05) is 41.5 Å². The van der Waals surface area contributed by atoms with Crippen molar-refractivity contribution < 1.29 is 4.40 Å². The van der Waals surface area contributed by atoms with Gasteiger partial charge in [-0.1, -0.05) is 31.5 Å². The molecule has 0 fully saturated rings. The second-order valence-corrected chi connectivity index (χ2v) is 5.73. The zero-order chi connectivity index (χ0) is 14.4. The Morgan fingerprint density at radius 3 is 2.67 bits per heavy atom. The van der Waals surface area contributed by atoms with E-state index in [0.29, 0.717) is 0 Å². The van der Waals surface area contributed by atoms with E-state index < -0.39 is 0 Å². The standard InChI is InChI=1S/C19H19N2/c1-3-6-14-9-11-21-12-10-16-15-7-4-5-8-17(15)20(2)19(16)18(21)13-14/h4-5,7-13H,3,6H2,1-2H3/q+1. The molecule has 21 heavy (non-hydrogen) atoms. The normalized spacial score (nSPS) is 11.7. The highest BCUT2D eigenvalue weighted by Crippen LogP contribution is 2.29. The molecule has 0 bridgehead atoms. The van der Waals surface area contributed by atoms with E-state index in [1.54, 1.807) is 0 Å². The van der Waals surface area contributed by atoms with Crippen LogP contribution in [0, 0.1) is 0 Å². The molecule has 0 saturated carbocycles. The lowest BCUT2D eigenvalue weighted by atomic mass is 10.1. The van der Waals surface area contributed by atoms with Crippen LogP contribution in [0.3, 0.4) is 0 Å². The van der Waals surface area contributed by atoms with Crippen molar-refractivity contribution in [2.24, 2.45) is 7.05 Å². The van der Waals surface area contributed by atoms with Crippen LogP contribution in [0.15, 0.2) is 54.9 Å². The second kappa shape index (κ2) is 4.59. The quantitative estimate of drug-likeness (QED) is 0.489. The lowest BCUT2D eigenvalue weighted by Crippen LogP contribution is -2.21. The number of fused-ring (bicyclic) bond motifs is 5. The van der Waals surface area contributed by atoms with Gasteiger partial charge in [-0.25, -0.2) is 0 Å². The molecular formula is C19H19N2+. The molecule has 104 valence electrons. The molecule has 1 aromatic carbocycles. The third-order valence-electron chi connectivity index (χ3n) is 4.38. The van der Waals surface area contributed by atoms with Crippen LogP contribution in [0.5, 0.6) is 0 Å². The van der Waals surface area contributed by atoms with Crippen LogP contribution in [-0.2, 0) is 13.5 Å². The molecule has 0 radical (unpaired) electrons. The van der Waals surface area contributed by atoms with E-state index in [0.717, 1.165) is 6.42 Å². The summed E-state index contributed by atoms with van der Waals surface area (Å²) in [7, 11) is 2.16. The van der Waals surface area contributed by atoms with E-state index in [1.807, 2.05) is 0 Å². The molecule has 3 aromatic heterocycles. The molecule has 0 aliphatic rings. The Labute approximate surface area is 124 Å². The maximum atomic E-state index is 2.34. The van der Waals surface area contributed by atoms with Crippen LogP contribution in [0.2, 0.25) is 0 Å². The minimum atomic E-state index is 1.14. The highest BCUT2D eigenvalue weighted by molar-refractivity contribution is 6.11. The van der Waals surface area contributed by atoms with Crippen LogP contribution in [0.1, 0.15) is 18.9 Å². The fourth-order valence-electron chi connectivity index (χ4n) is 3.38. The van der Waals surface area contributed by atoms with E-state index in [-0.39, 0.29) is 0 Å². The number of aryl methyl sites for hydroxylation is 2. The van der Waals surface area contributed by atoms with Crippen molar-refractivity contribution in [1.82, 2.24) is 4.57 Å². The minimum Gasteiger partial charge on any atom is -0.338 e. The molecule has 4 rings (SSSR count). The number of hydrogen-bond acceptors (Lipinski definition) is 0. The van der Waals surface area contributed by atoms with Gasteiger partial charge in [-0.2, -0.15) is 4.40 Å². The first-order valence-electron chi connectivity index (χ1n) is 7.59. The Kier molecular flexibility index (Phi) is 2.71. The summed E-state index contributed by atoms with van der Waals surface area (Å²) in [5.74, 6) is 0. The Bertz CT molecular complexity index is 963. The van der Waals surface area contributed by atoms with Crippen molar-refractivity contribution in [3.8, 4) is 0 Å². The van der Waals surface area contributed by atoms with Crippen LogP contribution in [0.25, 0.3) is 27.3 Å². The molecule has 0 aliphatic carbocycles. The highest BCUT2D eigenvalue weighted by atomic mass is 15.0. The molecule has 0 spiro atoms. The Hall–Kier alpha value is -2.35. The lowest BCUT2D eigenvalue weighted by molar-refractivity contribution is -0.510. The van der Waals surface area contributed by atoms with Gasteiger partial charge in [0.2, 0.25) is 5.52 Å². The molecule has 0 amide bonds. The second-order valence-electron chi connectivity index (χ2n) is 5.73. The molecule has 3 heterocycles. The molecule has 0 unspecified atom stereocenters. The summed E-state index contributed by atoms with van der Waals surface area (Å²) in [6.45, 7) is 2.23. The summed E-state index contributed by atoms with van der Waals surface area (Å²) in [5.41, 5.74) is 5.31. The van der Waals surface area contributed by atoms with E-state index in [1.165, 1.54) is 39.3 Å².